The van der Waals surface area contributed by atoms with Gasteiger partial charge in [-0.3, -0.25) is 0 Å². The first kappa shape index (κ1) is 15.3. The lowest BCUT2D eigenvalue weighted by atomic mass is 10.2. The molecule has 5 heteroatoms. The summed E-state index contributed by atoms with van der Waals surface area (Å²) >= 11 is 0. The van der Waals surface area contributed by atoms with Gasteiger partial charge in [-0.1, -0.05) is 33.8 Å². The van der Waals surface area contributed by atoms with Crippen molar-refractivity contribution in [3.8, 4) is 0 Å². The summed E-state index contributed by atoms with van der Waals surface area (Å²) in [6.07, 6.45) is -4.28. The average molecular weight is 277 g/mol. The van der Waals surface area contributed by atoms with Crippen molar-refractivity contribution in [3.05, 3.63) is 29.8 Å². The molecule has 102 valence electrons. The molecule has 1 aromatic carbocycles. The summed E-state index contributed by atoms with van der Waals surface area (Å²) in [6.45, 7) is 8.36. The highest BCUT2D eigenvalue weighted by Crippen LogP contribution is 2.46. The maximum absolute atomic E-state index is 12.6. The van der Waals surface area contributed by atoms with Gasteiger partial charge in [0.2, 0.25) is 0 Å². The quantitative estimate of drug-likeness (QED) is 0.733. The Morgan fingerprint density at radius 1 is 1.06 bits per heavy atom. The second-order valence-electron chi connectivity index (χ2n) is 4.79. The van der Waals surface area contributed by atoms with Crippen LogP contribution in [0.15, 0.2) is 24.3 Å². The third-order valence-electron chi connectivity index (χ3n) is 2.56. The minimum atomic E-state index is -4.28. The van der Waals surface area contributed by atoms with Crippen molar-refractivity contribution in [2.75, 3.05) is 5.09 Å². The van der Waals surface area contributed by atoms with E-state index in [1.807, 2.05) is 0 Å². The minimum Gasteiger partial charge on any atom is -0.364 e. The van der Waals surface area contributed by atoms with Gasteiger partial charge in [-0.15, -0.1) is 0 Å². The SMILES string of the molecule is CC(C)P(Nc1cccc(C(F)(F)F)c1)C(C)C. The molecule has 1 nitrogen and oxygen atoms in total. The van der Waals surface area contributed by atoms with Crippen LogP contribution in [-0.4, -0.2) is 11.3 Å². The van der Waals surface area contributed by atoms with E-state index >= 15 is 0 Å². The summed E-state index contributed by atoms with van der Waals surface area (Å²) in [7, 11) is -0.521. The molecule has 18 heavy (non-hydrogen) atoms. The zero-order chi connectivity index (χ0) is 13.9. The van der Waals surface area contributed by atoms with E-state index in [4.69, 9.17) is 0 Å². The van der Waals surface area contributed by atoms with Crippen molar-refractivity contribution in [2.45, 2.75) is 45.2 Å². The molecule has 1 rings (SSSR count). The predicted octanol–water partition coefficient (Wildman–Crippen LogP) is 5.33. The number of halogens is 3. The third-order valence-corrected chi connectivity index (χ3v) is 5.30. The fraction of sp³-hybridized carbons (Fsp3) is 0.538. The first-order chi connectivity index (χ1) is 8.21. The Labute approximate surface area is 108 Å². The molecule has 0 saturated carbocycles. The highest BCUT2D eigenvalue weighted by Gasteiger charge is 2.30. The Hall–Kier alpha value is -0.760. The largest absolute Gasteiger partial charge is 0.416 e. The number of anilines is 1. The number of hydrogen-bond donors (Lipinski definition) is 1. The van der Waals surface area contributed by atoms with Gasteiger partial charge in [0.25, 0.3) is 0 Å². The molecule has 1 N–H and O–H groups in total. The smallest absolute Gasteiger partial charge is 0.364 e. The van der Waals surface area contributed by atoms with Crippen molar-refractivity contribution in [1.82, 2.24) is 0 Å². The van der Waals surface area contributed by atoms with E-state index in [1.54, 1.807) is 6.07 Å². The first-order valence-electron chi connectivity index (χ1n) is 5.94. The van der Waals surface area contributed by atoms with Gasteiger partial charge < -0.3 is 5.09 Å². The summed E-state index contributed by atoms with van der Waals surface area (Å²) in [5.74, 6) is 0. The van der Waals surface area contributed by atoms with Crippen LogP contribution in [0.5, 0.6) is 0 Å². The minimum absolute atomic E-state index is 0.426. The van der Waals surface area contributed by atoms with Crippen molar-refractivity contribution < 1.29 is 13.2 Å². The molecule has 0 unspecified atom stereocenters. The highest BCUT2D eigenvalue weighted by molar-refractivity contribution is 7.60. The molecule has 0 aliphatic carbocycles. The molecule has 0 aliphatic heterocycles. The third kappa shape index (κ3) is 4.16. The van der Waals surface area contributed by atoms with Crippen LogP contribution < -0.4 is 5.09 Å². The molecule has 0 aromatic heterocycles. The molecule has 1 aromatic rings. The molecule has 0 saturated heterocycles. The van der Waals surface area contributed by atoms with Gasteiger partial charge in [0.15, 0.2) is 0 Å². The Morgan fingerprint density at radius 3 is 2.06 bits per heavy atom. The zero-order valence-corrected chi connectivity index (χ0v) is 11.9. The molecule has 0 radical (unpaired) electrons. The Kier molecular flexibility index (Phi) is 5.03. The van der Waals surface area contributed by atoms with Gasteiger partial charge in [0.05, 0.1) is 5.56 Å². The van der Waals surface area contributed by atoms with E-state index in [-0.39, 0.29) is 0 Å². The molecule has 0 spiro atoms. The Morgan fingerprint density at radius 2 is 1.61 bits per heavy atom. The van der Waals surface area contributed by atoms with Crippen molar-refractivity contribution >= 4 is 13.8 Å². The molecule has 0 fully saturated rings. The fourth-order valence-electron chi connectivity index (χ4n) is 1.77. The van der Waals surface area contributed by atoms with Gasteiger partial charge in [-0.25, -0.2) is 0 Å². The second-order valence-corrected chi connectivity index (χ2v) is 7.89. The lowest BCUT2D eigenvalue weighted by Crippen LogP contribution is -2.11. The normalized spacial score (nSPS) is 12.6. The van der Waals surface area contributed by atoms with Crippen molar-refractivity contribution in [1.29, 1.82) is 0 Å². The molecular weight excluding hydrogens is 258 g/mol. The van der Waals surface area contributed by atoms with Gasteiger partial charge in [0.1, 0.15) is 0 Å². The molecule has 0 heterocycles. The van der Waals surface area contributed by atoms with Crippen LogP contribution in [0.3, 0.4) is 0 Å². The Balaban J connectivity index is 2.91. The molecule has 0 atom stereocenters. The van der Waals surface area contributed by atoms with Crippen LogP contribution in [0, 0.1) is 0 Å². The summed E-state index contributed by atoms with van der Waals surface area (Å²) in [5.41, 5.74) is 0.803. The summed E-state index contributed by atoms with van der Waals surface area (Å²) < 4.78 is 37.8. The standard InChI is InChI=1S/C13H19F3NP/c1-9(2)18(10(3)4)17-12-7-5-6-11(8-12)13(14,15)16/h5-10,17H,1-4H3. The van der Waals surface area contributed by atoms with Gasteiger partial charge >= 0.3 is 6.18 Å². The van der Waals surface area contributed by atoms with E-state index < -0.39 is 19.8 Å². The molecule has 0 bridgehead atoms. The summed E-state index contributed by atoms with van der Waals surface area (Å²) in [6, 6.07) is 5.41. The number of hydrogen-bond acceptors (Lipinski definition) is 1. The average Bonchev–Trinajstić information content (AvgIpc) is 2.24. The van der Waals surface area contributed by atoms with Crippen molar-refractivity contribution in [3.63, 3.8) is 0 Å². The van der Waals surface area contributed by atoms with Crippen LogP contribution in [0.25, 0.3) is 0 Å². The zero-order valence-electron chi connectivity index (χ0n) is 11.0. The predicted molar refractivity (Wildman–Crippen MR) is 72.3 cm³/mol. The van der Waals surface area contributed by atoms with Gasteiger partial charge in [0, 0.05) is 5.69 Å². The van der Waals surface area contributed by atoms with Crippen LogP contribution in [0.1, 0.15) is 33.3 Å². The monoisotopic (exact) mass is 277 g/mol. The van der Waals surface area contributed by atoms with E-state index in [9.17, 15) is 13.2 Å². The van der Waals surface area contributed by atoms with Crippen LogP contribution in [0.2, 0.25) is 0 Å². The number of rotatable bonds is 4. The number of benzene rings is 1. The first-order valence-corrected chi connectivity index (χ1v) is 7.42. The van der Waals surface area contributed by atoms with Crippen LogP contribution >= 0.6 is 8.07 Å². The number of nitrogens with one attached hydrogen (secondary N) is 1. The molecule has 0 amide bonds. The summed E-state index contributed by atoms with van der Waals surface area (Å²) in [4.78, 5) is 0. The topological polar surface area (TPSA) is 12.0 Å². The maximum Gasteiger partial charge on any atom is 0.416 e. The van der Waals surface area contributed by atoms with E-state index in [0.717, 1.165) is 6.07 Å². The van der Waals surface area contributed by atoms with Crippen LogP contribution in [-0.2, 0) is 6.18 Å². The van der Waals surface area contributed by atoms with E-state index in [1.165, 1.54) is 12.1 Å². The maximum atomic E-state index is 12.6. The fourth-order valence-corrected chi connectivity index (χ4v) is 3.91. The highest BCUT2D eigenvalue weighted by atomic mass is 31.1. The lowest BCUT2D eigenvalue weighted by Gasteiger charge is -2.27. The van der Waals surface area contributed by atoms with Crippen LogP contribution in [0.4, 0.5) is 18.9 Å². The molecular formula is C13H19F3NP. The van der Waals surface area contributed by atoms with Gasteiger partial charge in [-0.2, -0.15) is 13.2 Å². The number of alkyl halides is 3. The van der Waals surface area contributed by atoms with Gasteiger partial charge in [-0.05, 0) is 37.6 Å². The lowest BCUT2D eigenvalue weighted by molar-refractivity contribution is -0.137. The molecule has 0 aliphatic rings. The summed E-state index contributed by atoms with van der Waals surface area (Å²) in [5, 5.41) is 3.26. The van der Waals surface area contributed by atoms with E-state index in [0.29, 0.717) is 17.0 Å². The Bertz CT molecular complexity index is 380. The van der Waals surface area contributed by atoms with Crippen molar-refractivity contribution in [2.24, 2.45) is 0 Å². The second kappa shape index (κ2) is 5.92. The van der Waals surface area contributed by atoms with E-state index in [2.05, 4.69) is 32.8 Å².